The molecule has 0 radical (unpaired) electrons. The number of alkyl halides is 3. The van der Waals surface area contributed by atoms with Crippen LogP contribution in [0.25, 0.3) is 10.9 Å². The van der Waals surface area contributed by atoms with Crippen molar-refractivity contribution in [3.8, 4) is 0 Å². The second-order valence-corrected chi connectivity index (χ2v) is 6.31. The minimum Gasteiger partial charge on any atom is -0.335 e. The van der Waals surface area contributed by atoms with Gasteiger partial charge in [-0.25, -0.2) is 4.98 Å². The van der Waals surface area contributed by atoms with Crippen LogP contribution in [0.5, 0.6) is 0 Å². The van der Waals surface area contributed by atoms with Crippen LogP contribution in [0.3, 0.4) is 0 Å². The van der Waals surface area contributed by atoms with Gasteiger partial charge in [0, 0.05) is 6.54 Å². The van der Waals surface area contributed by atoms with Gasteiger partial charge in [0.25, 0.3) is 5.56 Å². The molecule has 2 aromatic carbocycles. The molecule has 0 aliphatic carbocycles. The van der Waals surface area contributed by atoms with E-state index in [2.05, 4.69) is 9.97 Å². The Morgan fingerprint density at radius 3 is 2.43 bits per heavy atom. The van der Waals surface area contributed by atoms with Gasteiger partial charge in [-0.2, -0.15) is 13.2 Å². The number of nitrogens with one attached hydrogen (secondary N) is 1. The molecule has 1 aromatic heterocycles. The Morgan fingerprint density at radius 2 is 1.79 bits per heavy atom. The fourth-order valence-electron chi connectivity index (χ4n) is 2.86. The molecule has 0 unspecified atom stereocenters. The first kappa shape index (κ1) is 19.6. The third-order valence-electron chi connectivity index (χ3n) is 4.37. The molecule has 0 aliphatic rings. The Hall–Kier alpha value is -3.16. The van der Waals surface area contributed by atoms with Gasteiger partial charge >= 0.3 is 6.18 Å². The number of likely N-dealkylation sites (N-methyl/N-ethyl adjacent to an activating group) is 1. The van der Waals surface area contributed by atoms with Crippen LogP contribution in [-0.2, 0) is 23.9 Å². The summed E-state index contributed by atoms with van der Waals surface area (Å²) in [6.45, 7) is 2.26. The summed E-state index contributed by atoms with van der Waals surface area (Å²) in [7, 11) is 0. The molecule has 28 heavy (non-hydrogen) atoms. The number of rotatable bonds is 5. The molecular formula is C20H18F3N3O2. The summed E-state index contributed by atoms with van der Waals surface area (Å²) in [4.78, 5) is 33.3. The van der Waals surface area contributed by atoms with Crippen LogP contribution in [0, 0.1) is 0 Å². The van der Waals surface area contributed by atoms with E-state index < -0.39 is 11.7 Å². The average Bonchev–Trinajstić information content (AvgIpc) is 2.66. The summed E-state index contributed by atoms with van der Waals surface area (Å²) in [6, 6.07) is 11.4. The Morgan fingerprint density at radius 1 is 1.11 bits per heavy atom. The van der Waals surface area contributed by atoms with E-state index in [1.807, 2.05) is 0 Å². The third-order valence-corrected chi connectivity index (χ3v) is 4.37. The molecule has 5 nitrogen and oxygen atoms in total. The molecular weight excluding hydrogens is 371 g/mol. The van der Waals surface area contributed by atoms with Crippen molar-refractivity contribution in [1.29, 1.82) is 0 Å². The van der Waals surface area contributed by atoms with E-state index in [1.54, 1.807) is 31.2 Å². The number of carbonyl (C=O) groups is 1. The van der Waals surface area contributed by atoms with E-state index in [-0.39, 0.29) is 24.4 Å². The minimum absolute atomic E-state index is 0.0379. The van der Waals surface area contributed by atoms with E-state index in [1.165, 1.54) is 17.0 Å². The topological polar surface area (TPSA) is 66.1 Å². The van der Waals surface area contributed by atoms with Crippen LogP contribution in [0.2, 0.25) is 0 Å². The maximum absolute atomic E-state index is 12.6. The smallest absolute Gasteiger partial charge is 0.335 e. The molecule has 146 valence electrons. The molecule has 0 atom stereocenters. The highest BCUT2D eigenvalue weighted by atomic mass is 19.4. The molecule has 0 saturated heterocycles. The second kappa shape index (κ2) is 7.84. The largest absolute Gasteiger partial charge is 0.416 e. The summed E-state index contributed by atoms with van der Waals surface area (Å²) >= 11 is 0. The van der Waals surface area contributed by atoms with Crippen molar-refractivity contribution in [2.75, 3.05) is 6.54 Å². The van der Waals surface area contributed by atoms with Crippen LogP contribution in [0.4, 0.5) is 13.2 Å². The van der Waals surface area contributed by atoms with Crippen molar-refractivity contribution in [3.63, 3.8) is 0 Å². The van der Waals surface area contributed by atoms with Gasteiger partial charge in [0.2, 0.25) is 5.91 Å². The van der Waals surface area contributed by atoms with Crippen molar-refractivity contribution >= 4 is 16.8 Å². The number of hydrogen-bond acceptors (Lipinski definition) is 3. The Kier molecular flexibility index (Phi) is 5.48. The van der Waals surface area contributed by atoms with Crippen molar-refractivity contribution < 1.29 is 18.0 Å². The lowest BCUT2D eigenvalue weighted by Gasteiger charge is -2.20. The molecule has 0 spiro atoms. The van der Waals surface area contributed by atoms with Crippen LogP contribution in [0.1, 0.15) is 23.9 Å². The quantitative estimate of drug-likeness (QED) is 0.726. The van der Waals surface area contributed by atoms with Gasteiger partial charge in [-0.15, -0.1) is 0 Å². The Balaban J connectivity index is 1.74. The Bertz CT molecular complexity index is 1040. The molecule has 0 fully saturated rings. The van der Waals surface area contributed by atoms with Crippen LogP contribution in [-0.4, -0.2) is 27.3 Å². The summed E-state index contributed by atoms with van der Waals surface area (Å²) in [6.07, 6.45) is -4.45. The number of carbonyl (C=O) groups excluding carboxylic acids is 1. The van der Waals surface area contributed by atoms with Crippen LogP contribution in [0.15, 0.2) is 53.3 Å². The van der Waals surface area contributed by atoms with Crippen LogP contribution >= 0.6 is 0 Å². The molecule has 0 aliphatic heterocycles. The number of H-pyrrole nitrogens is 1. The number of para-hydroxylation sites is 1. The van der Waals surface area contributed by atoms with Gasteiger partial charge < -0.3 is 9.88 Å². The van der Waals surface area contributed by atoms with Crippen molar-refractivity contribution in [2.45, 2.75) is 26.1 Å². The highest BCUT2D eigenvalue weighted by Gasteiger charge is 2.30. The molecule has 0 bridgehead atoms. The Labute approximate surface area is 158 Å². The van der Waals surface area contributed by atoms with E-state index in [0.717, 1.165) is 12.1 Å². The number of amides is 1. The van der Waals surface area contributed by atoms with Gasteiger partial charge in [-0.1, -0.05) is 24.3 Å². The highest BCUT2D eigenvalue weighted by Crippen LogP contribution is 2.29. The molecule has 1 amide bonds. The fourth-order valence-corrected chi connectivity index (χ4v) is 2.86. The zero-order valence-corrected chi connectivity index (χ0v) is 15.1. The van der Waals surface area contributed by atoms with E-state index in [4.69, 9.17) is 0 Å². The second-order valence-electron chi connectivity index (χ2n) is 6.31. The first-order valence-electron chi connectivity index (χ1n) is 8.69. The number of nitrogens with zero attached hydrogens (tertiary/aromatic N) is 2. The van der Waals surface area contributed by atoms with Gasteiger partial charge in [0.1, 0.15) is 5.82 Å². The maximum atomic E-state index is 12.6. The van der Waals surface area contributed by atoms with E-state index >= 15 is 0 Å². The third kappa shape index (κ3) is 4.39. The molecule has 1 heterocycles. The first-order chi connectivity index (χ1) is 13.3. The molecule has 3 aromatic rings. The molecule has 3 rings (SSSR count). The fraction of sp³-hybridized carbons (Fsp3) is 0.250. The number of hydrogen-bond donors (Lipinski definition) is 1. The lowest BCUT2D eigenvalue weighted by Crippen LogP contribution is -2.33. The average molecular weight is 389 g/mol. The number of aromatic nitrogens is 2. The van der Waals surface area contributed by atoms with Crippen LogP contribution < -0.4 is 5.56 Å². The summed E-state index contributed by atoms with van der Waals surface area (Å²) < 4.78 is 37.9. The SMILES string of the molecule is CCN(Cc1nc2ccccc2c(=O)[nH]1)C(=O)Cc1ccc(C(F)(F)F)cc1. The summed E-state index contributed by atoms with van der Waals surface area (Å²) in [5.41, 5.74) is -0.0234. The first-order valence-corrected chi connectivity index (χ1v) is 8.69. The van der Waals surface area contributed by atoms with Gasteiger partial charge in [-0.3, -0.25) is 9.59 Å². The molecule has 0 saturated carbocycles. The number of benzene rings is 2. The van der Waals surface area contributed by atoms with Gasteiger partial charge in [0.15, 0.2) is 0 Å². The van der Waals surface area contributed by atoms with Crippen molar-refractivity contribution in [1.82, 2.24) is 14.9 Å². The van der Waals surface area contributed by atoms with E-state index in [9.17, 15) is 22.8 Å². The maximum Gasteiger partial charge on any atom is 0.416 e. The summed E-state index contributed by atoms with van der Waals surface area (Å²) in [5, 5.41) is 0.463. The minimum atomic E-state index is -4.41. The normalized spacial score (nSPS) is 11.6. The number of halogens is 3. The zero-order valence-electron chi connectivity index (χ0n) is 15.1. The van der Waals surface area contributed by atoms with Gasteiger partial charge in [0.05, 0.1) is 29.4 Å². The number of aromatic amines is 1. The summed E-state index contributed by atoms with van der Waals surface area (Å²) in [5.74, 6) is 0.0874. The predicted octanol–water partition coefficient (Wildman–Crippen LogP) is 3.53. The number of fused-ring (bicyclic) bond motifs is 1. The van der Waals surface area contributed by atoms with E-state index in [0.29, 0.717) is 28.8 Å². The molecule has 1 N–H and O–H groups in total. The van der Waals surface area contributed by atoms with Gasteiger partial charge in [-0.05, 0) is 36.8 Å². The lowest BCUT2D eigenvalue weighted by molar-refractivity contribution is -0.137. The van der Waals surface area contributed by atoms with Crippen molar-refractivity contribution in [2.24, 2.45) is 0 Å². The predicted molar refractivity (Wildman–Crippen MR) is 98.6 cm³/mol. The standard InChI is InChI=1S/C20H18F3N3O2/c1-2-26(12-17-24-16-6-4-3-5-15(16)19(28)25-17)18(27)11-13-7-9-14(10-8-13)20(21,22)23/h3-10H,2,11-12H2,1H3,(H,24,25,28). The highest BCUT2D eigenvalue weighted by molar-refractivity contribution is 5.79. The zero-order chi connectivity index (χ0) is 20.3. The van der Waals surface area contributed by atoms with Crippen molar-refractivity contribution in [3.05, 3.63) is 75.8 Å². The lowest BCUT2D eigenvalue weighted by atomic mass is 10.1. The molecule has 8 heteroatoms. The monoisotopic (exact) mass is 389 g/mol.